The number of carbonyl (C=O) groups excluding carboxylic acids is 2. The van der Waals surface area contributed by atoms with Crippen LogP contribution in [0.2, 0.25) is 0 Å². The Morgan fingerprint density at radius 2 is 2.06 bits per heavy atom. The lowest BCUT2D eigenvalue weighted by atomic mass is 10.1. The fourth-order valence-electron chi connectivity index (χ4n) is 3.69. The number of rotatable bonds is 3. The third-order valence-electron chi connectivity index (χ3n) is 5.36. The number of aromatic nitrogens is 3. The minimum Gasteiger partial charge on any atom is -0.324 e. The van der Waals surface area contributed by atoms with Gasteiger partial charge >= 0.3 is 12.2 Å². The molecule has 2 aromatic heterocycles. The van der Waals surface area contributed by atoms with Crippen LogP contribution in [0.4, 0.5) is 23.7 Å². The molecule has 0 fully saturated rings. The fraction of sp³-hybridized carbons (Fsp3) is 0.273. The molecule has 2 amide bonds. The SMILES string of the molecule is CN1C(=O)C(NC(=O)n2cc(Cc3cccc(C(F)(F)F)n3)cn2)CCc2ccc(Br)cc21. The lowest BCUT2D eigenvalue weighted by Gasteiger charge is -2.22. The van der Waals surface area contributed by atoms with Crippen molar-refractivity contribution in [3.8, 4) is 0 Å². The lowest BCUT2D eigenvalue weighted by Crippen LogP contribution is -2.48. The Hall–Kier alpha value is -3.21. The Bertz CT molecular complexity index is 1210. The normalized spacial score (nSPS) is 16.3. The number of fused-ring (bicyclic) bond motifs is 1. The molecule has 0 bridgehead atoms. The minimum absolute atomic E-state index is 0.0759. The molecule has 1 N–H and O–H groups in total. The van der Waals surface area contributed by atoms with E-state index in [-0.39, 0.29) is 18.0 Å². The smallest absolute Gasteiger partial charge is 0.324 e. The second-order valence-corrected chi connectivity index (χ2v) is 8.61. The van der Waals surface area contributed by atoms with Crippen molar-refractivity contribution >= 4 is 33.6 Å². The first kappa shape index (κ1) is 23.0. The summed E-state index contributed by atoms with van der Waals surface area (Å²) in [6, 6.07) is 8.02. The van der Waals surface area contributed by atoms with Crippen LogP contribution in [0.5, 0.6) is 0 Å². The van der Waals surface area contributed by atoms with Crippen LogP contribution in [0.25, 0.3) is 0 Å². The Labute approximate surface area is 195 Å². The van der Waals surface area contributed by atoms with Crippen molar-refractivity contribution in [1.82, 2.24) is 20.1 Å². The summed E-state index contributed by atoms with van der Waals surface area (Å²) in [5.41, 5.74) is 1.52. The second-order valence-electron chi connectivity index (χ2n) is 7.69. The van der Waals surface area contributed by atoms with Crippen molar-refractivity contribution < 1.29 is 22.8 Å². The Balaban J connectivity index is 1.44. The molecule has 3 heterocycles. The maximum Gasteiger partial charge on any atom is 0.433 e. The molecule has 0 spiro atoms. The van der Waals surface area contributed by atoms with Crippen LogP contribution in [0.1, 0.15) is 28.9 Å². The molecule has 3 aromatic rings. The number of pyridine rings is 1. The monoisotopic (exact) mass is 521 g/mol. The number of nitrogens with zero attached hydrogens (tertiary/aromatic N) is 4. The van der Waals surface area contributed by atoms with E-state index in [1.165, 1.54) is 29.4 Å². The van der Waals surface area contributed by atoms with Crippen LogP contribution >= 0.6 is 15.9 Å². The highest BCUT2D eigenvalue weighted by Gasteiger charge is 2.32. The first-order valence-corrected chi connectivity index (χ1v) is 10.8. The van der Waals surface area contributed by atoms with Gasteiger partial charge in [-0.05, 0) is 48.2 Å². The van der Waals surface area contributed by atoms with E-state index >= 15 is 0 Å². The largest absolute Gasteiger partial charge is 0.433 e. The Morgan fingerprint density at radius 1 is 1.27 bits per heavy atom. The van der Waals surface area contributed by atoms with Gasteiger partial charge in [-0.3, -0.25) is 4.79 Å². The molecule has 11 heteroatoms. The highest BCUT2D eigenvalue weighted by molar-refractivity contribution is 9.10. The minimum atomic E-state index is -4.53. The summed E-state index contributed by atoms with van der Waals surface area (Å²) < 4.78 is 40.5. The van der Waals surface area contributed by atoms with Gasteiger partial charge in [-0.2, -0.15) is 23.0 Å². The molecule has 4 rings (SSSR count). The first-order chi connectivity index (χ1) is 15.6. The van der Waals surface area contributed by atoms with Crippen LogP contribution in [0.3, 0.4) is 0 Å². The van der Waals surface area contributed by atoms with Crippen LogP contribution in [-0.2, 0) is 23.8 Å². The summed E-state index contributed by atoms with van der Waals surface area (Å²) >= 11 is 3.41. The van der Waals surface area contributed by atoms with E-state index in [1.54, 1.807) is 7.05 Å². The topological polar surface area (TPSA) is 80.1 Å². The van der Waals surface area contributed by atoms with Gasteiger partial charge in [-0.1, -0.05) is 28.1 Å². The summed E-state index contributed by atoms with van der Waals surface area (Å²) in [4.78, 5) is 30.8. The number of hydrogen-bond acceptors (Lipinski definition) is 4. The van der Waals surface area contributed by atoms with Gasteiger partial charge in [0, 0.05) is 35.5 Å². The molecule has 172 valence electrons. The van der Waals surface area contributed by atoms with Crippen LogP contribution in [0, 0.1) is 0 Å². The average molecular weight is 522 g/mol. The number of hydrogen-bond donors (Lipinski definition) is 1. The average Bonchev–Trinajstić information content (AvgIpc) is 3.20. The number of alkyl halides is 3. The molecule has 0 saturated carbocycles. The van der Waals surface area contributed by atoms with E-state index in [1.807, 2.05) is 18.2 Å². The molecule has 0 aliphatic carbocycles. The summed E-state index contributed by atoms with van der Waals surface area (Å²) in [7, 11) is 1.66. The zero-order chi connectivity index (χ0) is 23.8. The van der Waals surface area contributed by atoms with Crippen molar-refractivity contribution in [1.29, 1.82) is 0 Å². The summed E-state index contributed by atoms with van der Waals surface area (Å²) in [5, 5.41) is 6.70. The van der Waals surface area contributed by atoms with Crippen LogP contribution in [-0.4, -0.2) is 39.8 Å². The van der Waals surface area contributed by atoms with Gasteiger partial charge < -0.3 is 10.2 Å². The van der Waals surface area contributed by atoms with Gasteiger partial charge in [-0.25, -0.2) is 9.78 Å². The second kappa shape index (κ2) is 8.97. The quantitative estimate of drug-likeness (QED) is 0.560. The Morgan fingerprint density at radius 3 is 2.82 bits per heavy atom. The molecule has 1 atom stereocenters. The predicted octanol–water partition coefficient (Wildman–Crippen LogP) is 4.19. The van der Waals surface area contributed by atoms with Gasteiger partial charge in [0.05, 0.1) is 6.20 Å². The third-order valence-corrected chi connectivity index (χ3v) is 5.86. The molecule has 7 nitrogen and oxygen atoms in total. The Kier molecular flexibility index (Phi) is 6.24. The standard InChI is InChI=1S/C22H19BrF3N5O2/c1-30-18-10-15(23)7-5-14(18)6-8-17(20(30)32)29-21(33)31-12-13(11-27-31)9-16-3-2-4-19(28-16)22(24,25)26/h2-5,7,10-12,17H,6,8-9H2,1H3,(H,29,33). The molecular weight excluding hydrogens is 503 g/mol. The lowest BCUT2D eigenvalue weighted by molar-refractivity contribution is -0.141. The molecule has 1 aromatic carbocycles. The molecular formula is C22H19BrF3N5O2. The highest BCUT2D eigenvalue weighted by atomic mass is 79.9. The van der Waals surface area contributed by atoms with Crippen molar-refractivity contribution in [3.63, 3.8) is 0 Å². The van der Waals surface area contributed by atoms with E-state index in [4.69, 9.17) is 0 Å². The molecule has 0 saturated heterocycles. The predicted molar refractivity (Wildman–Crippen MR) is 118 cm³/mol. The number of nitrogens with one attached hydrogen (secondary N) is 1. The zero-order valence-corrected chi connectivity index (χ0v) is 19.0. The van der Waals surface area contributed by atoms with E-state index in [2.05, 4.69) is 31.3 Å². The molecule has 33 heavy (non-hydrogen) atoms. The number of halogens is 4. The number of aryl methyl sites for hydroxylation is 1. The van der Waals surface area contributed by atoms with E-state index in [9.17, 15) is 22.8 Å². The molecule has 0 radical (unpaired) electrons. The number of carbonyl (C=O) groups is 2. The highest BCUT2D eigenvalue weighted by Crippen LogP contribution is 2.29. The number of amides is 2. The number of likely N-dealkylation sites (N-methyl/N-ethyl adjacent to an activating group) is 1. The van der Waals surface area contributed by atoms with Gasteiger partial charge in [-0.15, -0.1) is 0 Å². The third kappa shape index (κ3) is 5.08. The summed E-state index contributed by atoms with van der Waals surface area (Å²) in [6.07, 6.45) is -0.633. The maximum absolute atomic E-state index is 12.9. The van der Waals surface area contributed by atoms with Crippen molar-refractivity contribution in [2.24, 2.45) is 0 Å². The van der Waals surface area contributed by atoms with Crippen LogP contribution in [0.15, 0.2) is 53.3 Å². The van der Waals surface area contributed by atoms with E-state index in [0.29, 0.717) is 18.4 Å². The molecule has 1 aliphatic heterocycles. The first-order valence-electron chi connectivity index (χ1n) is 10.1. The maximum atomic E-state index is 12.9. The van der Waals surface area contributed by atoms with Crippen molar-refractivity contribution in [2.75, 3.05) is 11.9 Å². The van der Waals surface area contributed by atoms with Crippen molar-refractivity contribution in [2.45, 2.75) is 31.5 Å². The number of anilines is 1. The number of benzene rings is 1. The van der Waals surface area contributed by atoms with Crippen LogP contribution < -0.4 is 10.2 Å². The molecule has 1 unspecified atom stereocenters. The van der Waals surface area contributed by atoms with E-state index in [0.717, 1.165) is 26.5 Å². The van der Waals surface area contributed by atoms with Gasteiger partial charge in [0.2, 0.25) is 5.91 Å². The van der Waals surface area contributed by atoms with Gasteiger partial charge in [0.25, 0.3) is 0 Å². The van der Waals surface area contributed by atoms with Gasteiger partial charge in [0.15, 0.2) is 0 Å². The summed E-state index contributed by atoms with van der Waals surface area (Å²) in [5.74, 6) is -0.249. The van der Waals surface area contributed by atoms with Crippen molar-refractivity contribution in [3.05, 3.63) is 75.8 Å². The zero-order valence-electron chi connectivity index (χ0n) is 17.4. The fourth-order valence-corrected chi connectivity index (χ4v) is 4.04. The van der Waals surface area contributed by atoms with Gasteiger partial charge in [0.1, 0.15) is 11.7 Å². The van der Waals surface area contributed by atoms with E-state index < -0.39 is 23.9 Å². The summed E-state index contributed by atoms with van der Waals surface area (Å²) in [6.45, 7) is 0. The molecule has 1 aliphatic rings.